The maximum absolute atomic E-state index is 10.4. The Morgan fingerprint density at radius 1 is 1.26 bits per heavy atom. The first kappa shape index (κ1) is 12.8. The van der Waals surface area contributed by atoms with E-state index < -0.39 is 6.10 Å². The Labute approximate surface area is 123 Å². The Morgan fingerprint density at radius 3 is 2.95 bits per heavy atom. The SMILES string of the molecule is OC(Cc1cncc(Br)c1)c1csc2ccccc12. The van der Waals surface area contributed by atoms with Crippen LogP contribution in [0, 0.1) is 0 Å². The number of rotatable bonds is 3. The third-order valence-electron chi connectivity index (χ3n) is 3.06. The molecule has 96 valence electrons. The van der Waals surface area contributed by atoms with Crippen LogP contribution in [0.25, 0.3) is 10.1 Å². The van der Waals surface area contributed by atoms with Crippen molar-refractivity contribution in [2.45, 2.75) is 12.5 Å². The molecule has 2 aromatic heterocycles. The number of hydrogen-bond donors (Lipinski definition) is 1. The van der Waals surface area contributed by atoms with Crippen LogP contribution in [0.1, 0.15) is 17.2 Å². The third kappa shape index (κ3) is 2.71. The summed E-state index contributed by atoms with van der Waals surface area (Å²) < 4.78 is 2.15. The van der Waals surface area contributed by atoms with Crippen molar-refractivity contribution >= 4 is 37.4 Å². The number of fused-ring (bicyclic) bond motifs is 1. The topological polar surface area (TPSA) is 33.1 Å². The van der Waals surface area contributed by atoms with Gasteiger partial charge in [0.05, 0.1) is 6.10 Å². The molecule has 3 aromatic rings. The van der Waals surface area contributed by atoms with E-state index in [1.807, 2.05) is 23.6 Å². The second-order valence-electron chi connectivity index (χ2n) is 4.42. The van der Waals surface area contributed by atoms with E-state index in [9.17, 15) is 5.11 Å². The minimum absolute atomic E-state index is 0.493. The van der Waals surface area contributed by atoms with Crippen LogP contribution in [-0.4, -0.2) is 10.1 Å². The smallest absolute Gasteiger partial charge is 0.0844 e. The lowest BCUT2D eigenvalue weighted by Crippen LogP contribution is -2.01. The monoisotopic (exact) mass is 333 g/mol. The van der Waals surface area contributed by atoms with Gasteiger partial charge in [-0.2, -0.15) is 0 Å². The molecule has 1 atom stereocenters. The lowest BCUT2D eigenvalue weighted by atomic mass is 10.0. The molecule has 0 fully saturated rings. The quantitative estimate of drug-likeness (QED) is 0.773. The van der Waals surface area contributed by atoms with Gasteiger partial charge in [0, 0.05) is 28.0 Å². The Bertz CT molecular complexity index is 710. The molecule has 0 saturated carbocycles. The summed E-state index contributed by atoms with van der Waals surface area (Å²) in [6.45, 7) is 0. The van der Waals surface area contributed by atoms with Crippen LogP contribution in [0.2, 0.25) is 0 Å². The standard InChI is InChI=1S/C15H12BrNOS/c16-11-5-10(7-17-8-11)6-14(18)13-9-19-15-4-2-1-3-12(13)15/h1-5,7-9,14,18H,6H2. The fraction of sp³-hybridized carbons (Fsp3) is 0.133. The number of aliphatic hydroxyl groups excluding tert-OH is 1. The minimum atomic E-state index is -0.493. The van der Waals surface area contributed by atoms with Crippen LogP contribution in [0.5, 0.6) is 0 Å². The van der Waals surface area contributed by atoms with E-state index in [4.69, 9.17) is 0 Å². The molecular weight excluding hydrogens is 322 g/mol. The Morgan fingerprint density at radius 2 is 2.11 bits per heavy atom. The summed E-state index contributed by atoms with van der Waals surface area (Å²) in [7, 11) is 0. The maximum atomic E-state index is 10.4. The van der Waals surface area contributed by atoms with E-state index in [1.165, 1.54) is 4.70 Å². The molecular formula is C15H12BrNOS. The predicted molar refractivity (Wildman–Crippen MR) is 82.4 cm³/mol. The molecule has 3 rings (SSSR count). The molecule has 0 aliphatic rings. The molecule has 0 bridgehead atoms. The first-order valence-electron chi connectivity index (χ1n) is 5.97. The van der Waals surface area contributed by atoms with Gasteiger partial charge < -0.3 is 5.11 Å². The molecule has 0 amide bonds. The molecule has 1 unspecified atom stereocenters. The Hall–Kier alpha value is -1.23. The highest BCUT2D eigenvalue weighted by Gasteiger charge is 2.13. The van der Waals surface area contributed by atoms with E-state index in [-0.39, 0.29) is 0 Å². The molecule has 0 radical (unpaired) electrons. The van der Waals surface area contributed by atoms with Crippen LogP contribution in [0.3, 0.4) is 0 Å². The second-order valence-corrected chi connectivity index (χ2v) is 6.25. The zero-order valence-electron chi connectivity index (χ0n) is 10.1. The number of hydrogen-bond acceptors (Lipinski definition) is 3. The molecule has 19 heavy (non-hydrogen) atoms. The van der Waals surface area contributed by atoms with Crippen molar-refractivity contribution in [1.29, 1.82) is 0 Å². The molecule has 2 heterocycles. The zero-order valence-corrected chi connectivity index (χ0v) is 12.5. The van der Waals surface area contributed by atoms with E-state index in [0.29, 0.717) is 6.42 Å². The van der Waals surface area contributed by atoms with Crippen molar-refractivity contribution in [3.05, 3.63) is 63.7 Å². The number of thiophene rings is 1. The van der Waals surface area contributed by atoms with E-state index >= 15 is 0 Å². The molecule has 0 saturated heterocycles. The number of aliphatic hydroxyl groups is 1. The lowest BCUT2D eigenvalue weighted by Gasteiger charge is -2.10. The summed E-state index contributed by atoms with van der Waals surface area (Å²) in [4.78, 5) is 4.13. The van der Waals surface area contributed by atoms with Gasteiger partial charge in [-0.25, -0.2) is 0 Å². The zero-order chi connectivity index (χ0) is 13.2. The van der Waals surface area contributed by atoms with Gasteiger partial charge in [0.25, 0.3) is 0 Å². The van der Waals surface area contributed by atoms with Crippen LogP contribution in [0.4, 0.5) is 0 Å². The van der Waals surface area contributed by atoms with Gasteiger partial charge in [-0.15, -0.1) is 11.3 Å². The van der Waals surface area contributed by atoms with Crippen LogP contribution in [-0.2, 0) is 6.42 Å². The van der Waals surface area contributed by atoms with Gasteiger partial charge in [-0.05, 0) is 50.0 Å². The van der Waals surface area contributed by atoms with Crippen LogP contribution in [0.15, 0.2) is 52.6 Å². The summed E-state index contributed by atoms with van der Waals surface area (Å²) in [5.74, 6) is 0. The van der Waals surface area contributed by atoms with Gasteiger partial charge in [-0.3, -0.25) is 4.98 Å². The lowest BCUT2D eigenvalue weighted by molar-refractivity contribution is 0.180. The van der Waals surface area contributed by atoms with Gasteiger partial charge >= 0.3 is 0 Å². The van der Waals surface area contributed by atoms with Gasteiger partial charge in [0.2, 0.25) is 0 Å². The average Bonchev–Trinajstić information content (AvgIpc) is 2.82. The fourth-order valence-electron chi connectivity index (χ4n) is 2.16. The Kier molecular flexibility index (Phi) is 3.64. The van der Waals surface area contributed by atoms with Crippen LogP contribution >= 0.6 is 27.3 Å². The average molecular weight is 334 g/mol. The molecule has 0 spiro atoms. The predicted octanol–water partition coefficient (Wildman–Crippen LogP) is 4.33. The minimum Gasteiger partial charge on any atom is -0.388 e. The highest BCUT2D eigenvalue weighted by Crippen LogP contribution is 2.31. The maximum Gasteiger partial charge on any atom is 0.0844 e. The number of aromatic nitrogens is 1. The number of benzene rings is 1. The molecule has 1 N–H and O–H groups in total. The third-order valence-corrected chi connectivity index (χ3v) is 4.48. The first-order chi connectivity index (χ1) is 9.24. The van der Waals surface area contributed by atoms with Crippen molar-refractivity contribution in [2.75, 3.05) is 0 Å². The highest BCUT2D eigenvalue weighted by atomic mass is 79.9. The van der Waals surface area contributed by atoms with Gasteiger partial charge in [-0.1, -0.05) is 18.2 Å². The fourth-order valence-corrected chi connectivity index (χ4v) is 3.58. The van der Waals surface area contributed by atoms with Crippen molar-refractivity contribution in [1.82, 2.24) is 4.98 Å². The van der Waals surface area contributed by atoms with Crippen molar-refractivity contribution < 1.29 is 5.11 Å². The molecule has 1 aromatic carbocycles. The summed E-state index contributed by atoms with van der Waals surface area (Å²) in [5, 5.41) is 13.6. The second kappa shape index (κ2) is 5.41. The summed E-state index contributed by atoms with van der Waals surface area (Å²) in [6, 6.07) is 10.2. The highest BCUT2D eigenvalue weighted by molar-refractivity contribution is 9.10. The molecule has 0 aliphatic heterocycles. The summed E-state index contributed by atoms with van der Waals surface area (Å²) in [5.41, 5.74) is 2.03. The summed E-state index contributed by atoms with van der Waals surface area (Å²) in [6.07, 6.45) is 3.62. The number of pyridine rings is 1. The number of nitrogens with zero attached hydrogens (tertiary/aromatic N) is 1. The molecule has 2 nitrogen and oxygen atoms in total. The normalized spacial score (nSPS) is 12.7. The summed E-state index contributed by atoms with van der Waals surface area (Å²) >= 11 is 5.07. The first-order valence-corrected chi connectivity index (χ1v) is 7.65. The van der Waals surface area contributed by atoms with Crippen molar-refractivity contribution in [3.8, 4) is 0 Å². The molecule has 0 aliphatic carbocycles. The number of halogens is 1. The van der Waals surface area contributed by atoms with E-state index in [0.717, 1.165) is 21.0 Å². The van der Waals surface area contributed by atoms with Crippen molar-refractivity contribution in [3.63, 3.8) is 0 Å². The van der Waals surface area contributed by atoms with E-state index in [1.54, 1.807) is 23.7 Å². The van der Waals surface area contributed by atoms with Gasteiger partial charge in [0.15, 0.2) is 0 Å². The van der Waals surface area contributed by atoms with Crippen LogP contribution < -0.4 is 0 Å². The largest absolute Gasteiger partial charge is 0.388 e. The molecule has 4 heteroatoms. The van der Waals surface area contributed by atoms with Gasteiger partial charge in [0.1, 0.15) is 0 Å². The van der Waals surface area contributed by atoms with E-state index in [2.05, 4.69) is 33.0 Å². The van der Waals surface area contributed by atoms with Crippen molar-refractivity contribution in [2.24, 2.45) is 0 Å². The Balaban J connectivity index is 1.90.